The number of ether oxygens (including phenoxy) is 1. The van der Waals surface area contributed by atoms with E-state index in [4.69, 9.17) is 4.74 Å². The Kier molecular flexibility index (Phi) is 6.33. The number of carbonyl (C=O) groups excluding carboxylic acids is 2. The largest absolute Gasteiger partial charge is 0.452 e. The van der Waals surface area contributed by atoms with Crippen molar-refractivity contribution in [2.45, 2.75) is 26.4 Å². The Morgan fingerprint density at radius 1 is 1.17 bits per heavy atom. The number of benzene rings is 2. The highest BCUT2D eigenvalue weighted by Crippen LogP contribution is 2.25. The normalized spacial score (nSPS) is 11.7. The van der Waals surface area contributed by atoms with Crippen LogP contribution in [-0.2, 0) is 20.7 Å². The van der Waals surface area contributed by atoms with Crippen molar-refractivity contribution in [2.75, 3.05) is 5.32 Å². The summed E-state index contributed by atoms with van der Waals surface area (Å²) in [5.74, 6) is -3.32. The predicted octanol–water partition coefficient (Wildman–Crippen LogP) is 4.51. The second-order valence-corrected chi connectivity index (χ2v) is 7.27. The third kappa shape index (κ3) is 5.23. The minimum absolute atomic E-state index is 0.117. The van der Waals surface area contributed by atoms with Gasteiger partial charge in [0.1, 0.15) is 22.3 Å². The summed E-state index contributed by atoms with van der Waals surface area (Å²) in [4.78, 5) is 28.6. The molecule has 0 fully saturated rings. The van der Waals surface area contributed by atoms with E-state index < -0.39 is 35.3 Å². The van der Waals surface area contributed by atoms with Crippen LogP contribution >= 0.6 is 11.3 Å². The minimum atomic E-state index is -1.23. The molecule has 1 amide bonds. The van der Waals surface area contributed by atoms with Gasteiger partial charge in [0.05, 0.1) is 12.1 Å². The van der Waals surface area contributed by atoms with E-state index in [2.05, 4.69) is 10.3 Å². The van der Waals surface area contributed by atoms with Crippen LogP contribution in [0.25, 0.3) is 10.6 Å². The number of rotatable bonds is 6. The Morgan fingerprint density at radius 3 is 2.55 bits per heavy atom. The van der Waals surface area contributed by atoms with Gasteiger partial charge >= 0.3 is 5.97 Å². The molecule has 3 rings (SSSR count). The Morgan fingerprint density at radius 2 is 1.86 bits per heavy atom. The molecule has 0 spiro atoms. The summed E-state index contributed by atoms with van der Waals surface area (Å²) in [6.07, 6.45) is -1.34. The van der Waals surface area contributed by atoms with Gasteiger partial charge in [0.25, 0.3) is 5.91 Å². The van der Waals surface area contributed by atoms with Gasteiger partial charge in [-0.15, -0.1) is 11.3 Å². The third-order valence-corrected chi connectivity index (χ3v) is 4.97. The van der Waals surface area contributed by atoms with Crippen molar-refractivity contribution < 1.29 is 23.1 Å². The number of aromatic nitrogens is 1. The highest BCUT2D eigenvalue weighted by atomic mass is 32.1. The van der Waals surface area contributed by atoms with Gasteiger partial charge in [-0.1, -0.05) is 29.8 Å². The first kappa shape index (κ1) is 20.6. The maximum Gasteiger partial charge on any atom is 0.312 e. The number of amides is 1. The quantitative estimate of drug-likeness (QED) is 0.601. The van der Waals surface area contributed by atoms with Crippen LogP contribution in [-0.4, -0.2) is 23.0 Å². The van der Waals surface area contributed by atoms with E-state index in [9.17, 15) is 18.4 Å². The molecule has 0 bridgehead atoms. The minimum Gasteiger partial charge on any atom is -0.452 e. The van der Waals surface area contributed by atoms with Gasteiger partial charge in [-0.3, -0.25) is 9.59 Å². The van der Waals surface area contributed by atoms with Crippen LogP contribution in [0.5, 0.6) is 0 Å². The molecule has 5 nitrogen and oxygen atoms in total. The first-order chi connectivity index (χ1) is 13.8. The molecule has 0 aliphatic rings. The smallest absolute Gasteiger partial charge is 0.312 e. The summed E-state index contributed by atoms with van der Waals surface area (Å²) >= 11 is 1.40. The first-order valence-electron chi connectivity index (χ1n) is 8.79. The molecule has 0 unspecified atom stereocenters. The highest BCUT2D eigenvalue weighted by Gasteiger charge is 2.21. The van der Waals surface area contributed by atoms with Crippen molar-refractivity contribution in [3.8, 4) is 10.6 Å². The lowest BCUT2D eigenvalue weighted by Crippen LogP contribution is -2.31. The Balaban J connectivity index is 1.58. The number of nitrogens with one attached hydrogen (secondary N) is 1. The van der Waals surface area contributed by atoms with Gasteiger partial charge in [-0.2, -0.15) is 0 Å². The standard InChI is InChI=1S/C21H18F2N2O3S/c1-12-5-3-6-14(9-12)21-24-15(11-29-21)10-18(26)28-13(2)20(27)25-19-16(22)7-4-8-17(19)23/h3-9,11,13H,10H2,1-2H3,(H,25,27)/t13-/m1/s1. The molecule has 0 aliphatic carbocycles. The van der Waals surface area contributed by atoms with Crippen LogP contribution in [0, 0.1) is 18.6 Å². The molecule has 29 heavy (non-hydrogen) atoms. The van der Waals surface area contributed by atoms with Gasteiger partial charge in [0.2, 0.25) is 0 Å². The predicted molar refractivity (Wildman–Crippen MR) is 107 cm³/mol. The maximum absolute atomic E-state index is 13.6. The molecular formula is C21H18F2N2O3S. The molecule has 0 saturated carbocycles. The van der Waals surface area contributed by atoms with E-state index in [1.807, 2.05) is 31.2 Å². The van der Waals surface area contributed by atoms with Crippen molar-refractivity contribution in [2.24, 2.45) is 0 Å². The molecule has 1 heterocycles. The number of nitrogens with zero attached hydrogens (tertiary/aromatic N) is 1. The van der Waals surface area contributed by atoms with Crippen molar-refractivity contribution in [3.05, 3.63) is 70.7 Å². The Labute approximate surface area is 170 Å². The van der Waals surface area contributed by atoms with E-state index in [-0.39, 0.29) is 6.42 Å². The molecule has 1 aromatic heterocycles. The van der Waals surface area contributed by atoms with Crippen LogP contribution < -0.4 is 5.32 Å². The lowest BCUT2D eigenvalue weighted by Gasteiger charge is -2.14. The average molecular weight is 416 g/mol. The topological polar surface area (TPSA) is 68.3 Å². The fraction of sp³-hybridized carbons (Fsp3) is 0.190. The van der Waals surface area contributed by atoms with Crippen LogP contribution in [0.3, 0.4) is 0 Å². The number of hydrogen-bond acceptors (Lipinski definition) is 5. The van der Waals surface area contributed by atoms with Gasteiger partial charge in [0.15, 0.2) is 6.10 Å². The molecule has 3 aromatic rings. The van der Waals surface area contributed by atoms with Crippen molar-refractivity contribution in [1.29, 1.82) is 0 Å². The Bertz CT molecular complexity index is 1030. The number of anilines is 1. The van der Waals surface area contributed by atoms with E-state index in [0.717, 1.165) is 28.3 Å². The fourth-order valence-electron chi connectivity index (χ4n) is 2.58. The lowest BCUT2D eigenvalue weighted by atomic mass is 10.1. The monoisotopic (exact) mass is 416 g/mol. The average Bonchev–Trinajstić information content (AvgIpc) is 3.13. The third-order valence-electron chi connectivity index (χ3n) is 4.03. The van der Waals surface area contributed by atoms with Gasteiger partial charge in [-0.05, 0) is 32.0 Å². The summed E-state index contributed by atoms with van der Waals surface area (Å²) in [5.41, 5.74) is 1.99. The number of hydrogen-bond donors (Lipinski definition) is 1. The zero-order chi connectivity index (χ0) is 21.0. The molecule has 2 aromatic carbocycles. The molecule has 0 aliphatic heterocycles. The highest BCUT2D eigenvalue weighted by molar-refractivity contribution is 7.13. The van der Waals surface area contributed by atoms with Crippen molar-refractivity contribution in [3.63, 3.8) is 0 Å². The SMILES string of the molecule is Cc1cccc(-c2nc(CC(=O)O[C@H](C)C(=O)Nc3c(F)cccc3F)cs2)c1. The summed E-state index contributed by atoms with van der Waals surface area (Å²) in [6.45, 7) is 3.31. The number of carbonyl (C=O) groups is 2. The summed E-state index contributed by atoms with van der Waals surface area (Å²) < 4.78 is 32.3. The zero-order valence-corrected chi connectivity index (χ0v) is 16.6. The van der Waals surface area contributed by atoms with Crippen LogP contribution in [0.1, 0.15) is 18.2 Å². The van der Waals surface area contributed by atoms with Crippen LogP contribution in [0.4, 0.5) is 14.5 Å². The number of thiazole rings is 1. The lowest BCUT2D eigenvalue weighted by molar-refractivity contribution is -0.152. The number of esters is 1. The zero-order valence-electron chi connectivity index (χ0n) is 15.7. The van der Waals surface area contributed by atoms with E-state index in [1.165, 1.54) is 24.3 Å². The van der Waals surface area contributed by atoms with Crippen molar-refractivity contribution in [1.82, 2.24) is 4.98 Å². The summed E-state index contributed by atoms with van der Waals surface area (Å²) in [5, 5.41) is 4.62. The second kappa shape index (κ2) is 8.91. The fourth-order valence-corrected chi connectivity index (χ4v) is 3.40. The van der Waals surface area contributed by atoms with Crippen LogP contribution in [0.2, 0.25) is 0 Å². The molecule has 1 atom stereocenters. The van der Waals surface area contributed by atoms with Gasteiger partial charge < -0.3 is 10.1 Å². The van der Waals surface area contributed by atoms with Gasteiger partial charge in [-0.25, -0.2) is 13.8 Å². The Hall–Kier alpha value is -3.13. The molecule has 150 valence electrons. The van der Waals surface area contributed by atoms with Gasteiger partial charge in [0, 0.05) is 10.9 Å². The number of halogens is 2. The number of para-hydroxylation sites is 1. The van der Waals surface area contributed by atoms with E-state index in [1.54, 1.807) is 5.38 Å². The summed E-state index contributed by atoms with van der Waals surface area (Å²) in [6, 6.07) is 11.1. The maximum atomic E-state index is 13.6. The number of aryl methyl sites for hydroxylation is 1. The summed E-state index contributed by atoms with van der Waals surface area (Å²) in [7, 11) is 0. The van der Waals surface area contributed by atoms with Crippen LogP contribution in [0.15, 0.2) is 47.8 Å². The molecule has 0 radical (unpaired) electrons. The van der Waals surface area contributed by atoms with E-state index >= 15 is 0 Å². The molecule has 1 N–H and O–H groups in total. The molecular weight excluding hydrogens is 398 g/mol. The second-order valence-electron chi connectivity index (χ2n) is 6.41. The van der Waals surface area contributed by atoms with Crippen molar-refractivity contribution >= 4 is 28.9 Å². The first-order valence-corrected chi connectivity index (χ1v) is 9.67. The molecule has 0 saturated heterocycles. The van der Waals surface area contributed by atoms with E-state index in [0.29, 0.717) is 5.69 Å². The molecule has 8 heteroatoms.